The van der Waals surface area contributed by atoms with E-state index in [4.69, 9.17) is 4.74 Å². The summed E-state index contributed by atoms with van der Waals surface area (Å²) in [6, 6.07) is 10.1. The molecule has 1 N–H and O–H groups in total. The van der Waals surface area contributed by atoms with Crippen LogP contribution in [-0.4, -0.2) is 12.2 Å². The van der Waals surface area contributed by atoms with Crippen LogP contribution in [0.5, 0.6) is 5.75 Å². The highest BCUT2D eigenvalue weighted by Gasteiger charge is 2.09. The molecule has 0 unspecified atom stereocenters. The molecule has 0 atom stereocenters. The second-order valence-electron chi connectivity index (χ2n) is 4.52. The summed E-state index contributed by atoms with van der Waals surface area (Å²) in [6.45, 7) is 2.29. The van der Waals surface area contributed by atoms with Gasteiger partial charge in [-0.25, -0.2) is 0 Å². The Labute approximate surface area is 108 Å². The predicted molar refractivity (Wildman–Crippen MR) is 75.0 cm³/mol. The number of methoxy groups -OCH3 is 1. The van der Waals surface area contributed by atoms with Gasteiger partial charge in [0, 0.05) is 5.39 Å². The average molecular weight is 244 g/mol. The first kappa shape index (κ1) is 12.9. The van der Waals surface area contributed by atoms with Crippen molar-refractivity contribution < 1.29 is 9.84 Å². The van der Waals surface area contributed by atoms with Gasteiger partial charge in [-0.05, 0) is 35.4 Å². The van der Waals surface area contributed by atoms with Crippen molar-refractivity contribution in [3.05, 3.63) is 41.5 Å². The molecule has 0 fully saturated rings. The summed E-state index contributed by atoms with van der Waals surface area (Å²) in [4.78, 5) is 0. The van der Waals surface area contributed by atoms with E-state index in [0.717, 1.165) is 36.0 Å². The molecule has 0 saturated heterocycles. The maximum absolute atomic E-state index is 9.47. The number of benzene rings is 2. The topological polar surface area (TPSA) is 29.5 Å². The number of fused-ring (bicyclic) bond motifs is 1. The molecule has 0 aliphatic carbocycles. The van der Waals surface area contributed by atoms with Crippen LogP contribution in [0.2, 0.25) is 0 Å². The molecule has 2 rings (SSSR count). The Morgan fingerprint density at radius 1 is 1.11 bits per heavy atom. The molecular formula is C16H20O2. The van der Waals surface area contributed by atoms with Gasteiger partial charge < -0.3 is 9.84 Å². The molecule has 0 aliphatic heterocycles. The van der Waals surface area contributed by atoms with E-state index < -0.39 is 0 Å². The molecule has 0 spiro atoms. The molecule has 2 aromatic carbocycles. The van der Waals surface area contributed by atoms with Gasteiger partial charge in [0.1, 0.15) is 5.75 Å². The fraction of sp³-hybridized carbons (Fsp3) is 0.375. The SMILES string of the molecule is CCCCc1c(CO)ccc2c(OC)cccc12. The van der Waals surface area contributed by atoms with E-state index in [1.807, 2.05) is 24.3 Å². The summed E-state index contributed by atoms with van der Waals surface area (Å²) in [6.07, 6.45) is 3.31. The van der Waals surface area contributed by atoms with E-state index in [9.17, 15) is 5.11 Å². The standard InChI is InChI=1S/C16H20O2/c1-3-4-6-13-12(11-17)9-10-15-14(13)7-5-8-16(15)18-2/h5,7-10,17H,3-4,6,11H2,1-2H3. The molecule has 0 radical (unpaired) electrons. The Bertz CT molecular complexity index is 532. The first-order chi connectivity index (χ1) is 8.81. The normalized spacial score (nSPS) is 10.8. The molecule has 96 valence electrons. The first-order valence-electron chi connectivity index (χ1n) is 6.50. The number of hydrogen-bond donors (Lipinski definition) is 1. The predicted octanol–water partition coefficient (Wildman–Crippen LogP) is 3.68. The van der Waals surface area contributed by atoms with Crippen LogP contribution in [0.1, 0.15) is 30.9 Å². The highest BCUT2D eigenvalue weighted by atomic mass is 16.5. The monoisotopic (exact) mass is 244 g/mol. The molecule has 0 aliphatic rings. The third-order valence-corrected chi connectivity index (χ3v) is 3.40. The quantitative estimate of drug-likeness (QED) is 0.869. The zero-order valence-corrected chi connectivity index (χ0v) is 11.1. The summed E-state index contributed by atoms with van der Waals surface area (Å²) in [5, 5.41) is 11.8. The number of hydrogen-bond acceptors (Lipinski definition) is 2. The molecule has 0 heterocycles. The highest BCUT2D eigenvalue weighted by molar-refractivity contribution is 5.91. The van der Waals surface area contributed by atoms with E-state index in [2.05, 4.69) is 13.0 Å². The lowest BCUT2D eigenvalue weighted by atomic mass is 9.95. The Morgan fingerprint density at radius 2 is 1.94 bits per heavy atom. The summed E-state index contributed by atoms with van der Waals surface area (Å²) in [5.74, 6) is 0.898. The second-order valence-corrected chi connectivity index (χ2v) is 4.52. The van der Waals surface area contributed by atoms with Crippen molar-refractivity contribution in [2.24, 2.45) is 0 Å². The van der Waals surface area contributed by atoms with Crippen LogP contribution in [0.25, 0.3) is 10.8 Å². The average Bonchev–Trinajstić information content (AvgIpc) is 2.43. The third kappa shape index (κ3) is 2.34. The largest absolute Gasteiger partial charge is 0.496 e. The van der Waals surface area contributed by atoms with Crippen molar-refractivity contribution in [1.29, 1.82) is 0 Å². The third-order valence-electron chi connectivity index (χ3n) is 3.40. The molecule has 18 heavy (non-hydrogen) atoms. The minimum Gasteiger partial charge on any atom is -0.496 e. The number of aryl methyl sites for hydroxylation is 1. The number of unbranched alkanes of at least 4 members (excludes halogenated alkanes) is 1. The lowest BCUT2D eigenvalue weighted by Crippen LogP contribution is -1.97. The summed E-state index contributed by atoms with van der Waals surface area (Å²) in [5.41, 5.74) is 2.29. The smallest absolute Gasteiger partial charge is 0.126 e. The molecular weight excluding hydrogens is 224 g/mol. The van der Waals surface area contributed by atoms with Gasteiger partial charge >= 0.3 is 0 Å². The fourth-order valence-electron chi connectivity index (χ4n) is 2.41. The van der Waals surface area contributed by atoms with Gasteiger partial charge in [0.15, 0.2) is 0 Å². The lowest BCUT2D eigenvalue weighted by Gasteiger charge is -2.13. The van der Waals surface area contributed by atoms with E-state index in [0.29, 0.717) is 0 Å². The minimum absolute atomic E-state index is 0.103. The maximum atomic E-state index is 9.47. The number of ether oxygens (including phenoxy) is 1. The molecule has 2 nitrogen and oxygen atoms in total. The van der Waals surface area contributed by atoms with Crippen LogP contribution >= 0.6 is 0 Å². The Kier molecular flexibility index (Phi) is 4.21. The molecule has 2 heteroatoms. The molecule has 0 aromatic heterocycles. The number of rotatable bonds is 5. The molecule has 0 bridgehead atoms. The fourth-order valence-corrected chi connectivity index (χ4v) is 2.41. The van der Waals surface area contributed by atoms with Crippen LogP contribution in [0.4, 0.5) is 0 Å². The zero-order chi connectivity index (χ0) is 13.0. The van der Waals surface area contributed by atoms with Gasteiger partial charge in [-0.15, -0.1) is 0 Å². The molecule has 0 amide bonds. The van der Waals surface area contributed by atoms with E-state index in [1.54, 1.807) is 7.11 Å². The lowest BCUT2D eigenvalue weighted by molar-refractivity contribution is 0.280. The van der Waals surface area contributed by atoms with Crippen LogP contribution < -0.4 is 4.74 Å². The summed E-state index contributed by atoms with van der Waals surface area (Å²) in [7, 11) is 1.69. The van der Waals surface area contributed by atoms with Crippen LogP contribution in [0, 0.1) is 0 Å². The number of aliphatic hydroxyl groups excluding tert-OH is 1. The van der Waals surface area contributed by atoms with Crippen molar-refractivity contribution in [1.82, 2.24) is 0 Å². The van der Waals surface area contributed by atoms with Crippen molar-refractivity contribution in [2.45, 2.75) is 32.8 Å². The van der Waals surface area contributed by atoms with Crippen LogP contribution in [0.15, 0.2) is 30.3 Å². The van der Waals surface area contributed by atoms with Gasteiger partial charge in [0.2, 0.25) is 0 Å². The zero-order valence-electron chi connectivity index (χ0n) is 11.1. The summed E-state index contributed by atoms with van der Waals surface area (Å²) >= 11 is 0. The molecule has 2 aromatic rings. The Morgan fingerprint density at radius 3 is 2.61 bits per heavy atom. The van der Waals surface area contributed by atoms with Crippen LogP contribution in [0.3, 0.4) is 0 Å². The van der Waals surface area contributed by atoms with Crippen molar-refractivity contribution in [3.8, 4) is 5.75 Å². The highest BCUT2D eigenvalue weighted by Crippen LogP contribution is 2.30. The van der Waals surface area contributed by atoms with Gasteiger partial charge in [-0.2, -0.15) is 0 Å². The van der Waals surface area contributed by atoms with Gasteiger partial charge in [-0.3, -0.25) is 0 Å². The van der Waals surface area contributed by atoms with E-state index in [1.165, 1.54) is 10.9 Å². The first-order valence-corrected chi connectivity index (χ1v) is 6.50. The van der Waals surface area contributed by atoms with Crippen LogP contribution in [-0.2, 0) is 13.0 Å². The van der Waals surface area contributed by atoms with Gasteiger partial charge in [0.05, 0.1) is 13.7 Å². The van der Waals surface area contributed by atoms with Gasteiger partial charge in [-0.1, -0.05) is 37.6 Å². The van der Waals surface area contributed by atoms with Crippen molar-refractivity contribution >= 4 is 10.8 Å². The maximum Gasteiger partial charge on any atom is 0.126 e. The Hall–Kier alpha value is -1.54. The van der Waals surface area contributed by atoms with Crippen molar-refractivity contribution in [2.75, 3.05) is 7.11 Å². The van der Waals surface area contributed by atoms with Gasteiger partial charge in [0.25, 0.3) is 0 Å². The Balaban J connectivity index is 2.61. The van der Waals surface area contributed by atoms with Crippen molar-refractivity contribution in [3.63, 3.8) is 0 Å². The minimum atomic E-state index is 0.103. The second kappa shape index (κ2) is 5.87. The van der Waals surface area contributed by atoms with E-state index >= 15 is 0 Å². The van der Waals surface area contributed by atoms with E-state index in [-0.39, 0.29) is 6.61 Å². The number of aliphatic hydroxyl groups is 1. The summed E-state index contributed by atoms with van der Waals surface area (Å²) < 4.78 is 5.40. The molecule has 0 saturated carbocycles.